The maximum absolute atomic E-state index is 9.48. The number of anilines is 2. The molecule has 4 N–H and O–H groups in total. The maximum atomic E-state index is 9.48. The van der Waals surface area contributed by atoms with Crippen LogP contribution in [0, 0.1) is 0 Å². The number of nitrogens with zero attached hydrogens (tertiary/aromatic N) is 2. The van der Waals surface area contributed by atoms with E-state index in [1.54, 1.807) is 17.0 Å². The zero-order valence-corrected chi connectivity index (χ0v) is 9.71. The number of pyridine rings is 1. The van der Waals surface area contributed by atoms with Crippen molar-refractivity contribution < 1.29 is 14.9 Å². The van der Waals surface area contributed by atoms with Gasteiger partial charge in [0.2, 0.25) is 5.88 Å². The van der Waals surface area contributed by atoms with Crippen LogP contribution < -0.4 is 15.4 Å². The second-order valence-electron chi connectivity index (χ2n) is 4.04. The number of rotatable bonds is 3. The van der Waals surface area contributed by atoms with Crippen molar-refractivity contribution in [1.29, 1.82) is 0 Å². The molecule has 1 aromatic heterocycles. The van der Waals surface area contributed by atoms with Gasteiger partial charge in [0.1, 0.15) is 5.82 Å². The molecule has 6 heteroatoms. The van der Waals surface area contributed by atoms with Gasteiger partial charge in [-0.25, -0.2) is 0 Å². The molecule has 94 valence electrons. The highest BCUT2D eigenvalue weighted by atomic mass is 16.5. The van der Waals surface area contributed by atoms with Gasteiger partial charge in [-0.2, -0.15) is 4.98 Å². The fourth-order valence-corrected chi connectivity index (χ4v) is 1.83. The molecule has 1 saturated heterocycles. The minimum atomic E-state index is -0.732. The normalized spacial score (nSPS) is 24.1. The van der Waals surface area contributed by atoms with Gasteiger partial charge in [0.05, 0.1) is 24.5 Å². The van der Waals surface area contributed by atoms with E-state index in [0.717, 1.165) is 0 Å². The summed E-state index contributed by atoms with van der Waals surface area (Å²) >= 11 is 0. The Bertz CT molecular complexity index is 390. The molecule has 1 fully saturated rings. The number of hydrogen-bond donors (Lipinski definition) is 3. The number of aliphatic hydroxyl groups is 2. The number of aromatic nitrogens is 1. The van der Waals surface area contributed by atoms with E-state index in [4.69, 9.17) is 10.5 Å². The van der Waals surface area contributed by atoms with Gasteiger partial charge in [-0.3, -0.25) is 0 Å². The van der Waals surface area contributed by atoms with Gasteiger partial charge in [0, 0.05) is 13.1 Å². The number of ether oxygens (including phenoxy) is 1. The first kappa shape index (κ1) is 11.9. The zero-order chi connectivity index (χ0) is 12.4. The highest BCUT2D eigenvalue weighted by molar-refractivity contribution is 5.55. The van der Waals surface area contributed by atoms with Crippen molar-refractivity contribution in [2.45, 2.75) is 19.1 Å². The van der Waals surface area contributed by atoms with Crippen LogP contribution in [-0.4, -0.2) is 47.1 Å². The third-order valence-corrected chi connectivity index (χ3v) is 2.74. The van der Waals surface area contributed by atoms with Crippen LogP contribution in [0.5, 0.6) is 5.88 Å². The summed E-state index contributed by atoms with van der Waals surface area (Å²) in [5.74, 6) is 1.04. The molecule has 0 radical (unpaired) electrons. The minimum absolute atomic E-state index is 0.365. The molecule has 1 aromatic rings. The van der Waals surface area contributed by atoms with Crippen LogP contribution in [0.25, 0.3) is 0 Å². The average Bonchev–Trinajstić information content (AvgIpc) is 2.63. The van der Waals surface area contributed by atoms with E-state index in [1.165, 1.54) is 0 Å². The molecule has 2 unspecified atom stereocenters. The molecular weight excluding hydrogens is 222 g/mol. The number of aliphatic hydroxyl groups excluding tert-OH is 2. The van der Waals surface area contributed by atoms with Crippen LogP contribution >= 0.6 is 0 Å². The fraction of sp³-hybridized carbons (Fsp3) is 0.545. The molecule has 1 aliphatic heterocycles. The summed E-state index contributed by atoms with van der Waals surface area (Å²) in [6.45, 7) is 3.08. The third-order valence-electron chi connectivity index (χ3n) is 2.74. The van der Waals surface area contributed by atoms with E-state index < -0.39 is 12.2 Å². The Morgan fingerprint density at radius 1 is 1.41 bits per heavy atom. The molecule has 2 heterocycles. The molecule has 0 saturated carbocycles. The molecule has 0 bridgehead atoms. The van der Waals surface area contributed by atoms with Crippen LogP contribution in [0.4, 0.5) is 11.5 Å². The van der Waals surface area contributed by atoms with Gasteiger partial charge in [-0.05, 0) is 19.1 Å². The summed E-state index contributed by atoms with van der Waals surface area (Å²) < 4.78 is 5.30. The lowest BCUT2D eigenvalue weighted by molar-refractivity contribution is 0.0572. The Balaban J connectivity index is 2.19. The van der Waals surface area contributed by atoms with E-state index in [9.17, 15) is 10.2 Å². The average molecular weight is 239 g/mol. The maximum Gasteiger partial charge on any atom is 0.239 e. The summed E-state index contributed by atoms with van der Waals surface area (Å²) in [6, 6.07) is 3.47. The van der Waals surface area contributed by atoms with Gasteiger partial charge in [0.15, 0.2) is 0 Å². The Morgan fingerprint density at radius 2 is 2.06 bits per heavy atom. The first-order valence-electron chi connectivity index (χ1n) is 5.62. The van der Waals surface area contributed by atoms with Crippen LogP contribution in [0.15, 0.2) is 12.1 Å². The van der Waals surface area contributed by atoms with Crippen molar-refractivity contribution in [2.24, 2.45) is 0 Å². The highest BCUT2D eigenvalue weighted by Crippen LogP contribution is 2.25. The third kappa shape index (κ3) is 2.42. The highest BCUT2D eigenvalue weighted by Gasteiger charge is 2.30. The van der Waals surface area contributed by atoms with Gasteiger partial charge in [-0.15, -0.1) is 0 Å². The van der Waals surface area contributed by atoms with E-state index in [1.807, 2.05) is 6.92 Å². The Morgan fingerprint density at radius 3 is 2.65 bits per heavy atom. The molecule has 2 atom stereocenters. The summed E-state index contributed by atoms with van der Waals surface area (Å²) in [7, 11) is 0. The van der Waals surface area contributed by atoms with Crippen LogP contribution in [0.1, 0.15) is 6.92 Å². The summed E-state index contributed by atoms with van der Waals surface area (Å²) in [6.07, 6.45) is -1.46. The van der Waals surface area contributed by atoms with E-state index in [2.05, 4.69) is 4.98 Å². The molecule has 2 rings (SSSR count). The van der Waals surface area contributed by atoms with E-state index >= 15 is 0 Å². The Kier molecular flexibility index (Phi) is 3.35. The smallest absolute Gasteiger partial charge is 0.239 e. The Labute approximate surface area is 99.6 Å². The summed E-state index contributed by atoms with van der Waals surface area (Å²) in [5, 5.41) is 19.0. The van der Waals surface area contributed by atoms with Gasteiger partial charge >= 0.3 is 0 Å². The van der Waals surface area contributed by atoms with Crippen molar-refractivity contribution in [3.63, 3.8) is 0 Å². The SMILES string of the molecule is CCOc1nc(N2CC(O)C(O)C2)ccc1N. The molecule has 0 spiro atoms. The van der Waals surface area contributed by atoms with Crippen molar-refractivity contribution >= 4 is 11.5 Å². The molecule has 0 amide bonds. The largest absolute Gasteiger partial charge is 0.476 e. The lowest BCUT2D eigenvalue weighted by Gasteiger charge is -2.17. The first-order chi connectivity index (χ1) is 8.11. The summed E-state index contributed by atoms with van der Waals surface area (Å²) in [5.41, 5.74) is 6.21. The van der Waals surface area contributed by atoms with E-state index in [-0.39, 0.29) is 0 Å². The second kappa shape index (κ2) is 4.77. The lowest BCUT2D eigenvalue weighted by atomic mass is 10.3. The topological polar surface area (TPSA) is 91.8 Å². The monoisotopic (exact) mass is 239 g/mol. The number of nitrogens with two attached hydrogens (primary N) is 1. The first-order valence-corrected chi connectivity index (χ1v) is 5.62. The molecule has 1 aliphatic rings. The van der Waals surface area contributed by atoms with E-state index in [0.29, 0.717) is 37.1 Å². The van der Waals surface area contributed by atoms with Gasteiger partial charge in [-0.1, -0.05) is 0 Å². The van der Waals surface area contributed by atoms with Crippen LogP contribution in [-0.2, 0) is 0 Å². The molecule has 17 heavy (non-hydrogen) atoms. The van der Waals surface area contributed by atoms with Crippen molar-refractivity contribution in [2.75, 3.05) is 30.3 Å². The van der Waals surface area contributed by atoms with Crippen LogP contribution in [0.2, 0.25) is 0 Å². The van der Waals surface area contributed by atoms with Crippen molar-refractivity contribution in [3.8, 4) is 5.88 Å². The van der Waals surface area contributed by atoms with Crippen molar-refractivity contribution in [3.05, 3.63) is 12.1 Å². The predicted molar refractivity (Wildman–Crippen MR) is 64.0 cm³/mol. The quantitative estimate of drug-likeness (QED) is 0.665. The van der Waals surface area contributed by atoms with Crippen molar-refractivity contribution in [1.82, 2.24) is 4.98 Å². The molecule has 0 aliphatic carbocycles. The number of hydrogen-bond acceptors (Lipinski definition) is 6. The predicted octanol–water partition coefficient (Wildman–Crippen LogP) is -0.396. The van der Waals surface area contributed by atoms with Gasteiger partial charge < -0.3 is 25.6 Å². The number of nitrogen functional groups attached to an aromatic ring is 1. The zero-order valence-electron chi connectivity index (χ0n) is 9.71. The molecule has 6 nitrogen and oxygen atoms in total. The van der Waals surface area contributed by atoms with Crippen LogP contribution in [0.3, 0.4) is 0 Å². The molecular formula is C11H17N3O3. The Hall–Kier alpha value is -1.53. The lowest BCUT2D eigenvalue weighted by Crippen LogP contribution is -2.22. The van der Waals surface area contributed by atoms with Gasteiger partial charge in [0.25, 0.3) is 0 Å². The summed E-state index contributed by atoms with van der Waals surface area (Å²) in [4.78, 5) is 6.07. The number of β-amino-alcohol motifs (C(OH)–C–C–N with tert-alkyl or cyclic N) is 2. The fourth-order valence-electron chi connectivity index (χ4n) is 1.83. The second-order valence-corrected chi connectivity index (χ2v) is 4.04. The molecule has 0 aromatic carbocycles. The standard InChI is InChI=1S/C11H17N3O3/c1-2-17-11-7(12)3-4-10(13-11)14-5-8(15)9(16)6-14/h3-4,8-9,15-16H,2,5-6,12H2,1H3. The minimum Gasteiger partial charge on any atom is -0.476 e.